The number of nitrogens with zero attached hydrogens (tertiary/aromatic N) is 1. The van der Waals surface area contributed by atoms with Gasteiger partial charge in [0.1, 0.15) is 17.1 Å². The van der Waals surface area contributed by atoms with E-state index in [2.05, 4.69) is 5.32 Å². The monoisotopic (exact) mass is 364 g/mol. The summed E-state index contributed by atoms with van der Waals surface area (Å²) in [6.45, 7) is 0. The van der Waals surface area contributed by atoms with Gasteiger partial charge in [0, 0.05) is 12.6 Å². The van der Waals surface area contributed by atoms with Gasteiger partial charge in [0.15, 0.2) is 0 Å². The fraction of sp³-hybridized carbons (Fsp3) is 0.0625. The number of amides is 4. The highest BCUT2D eigenvalue weighted by molar-refractivity contribution is 6.43. The Bertz CT molecular complexity index is 901. The third-order valence-corrected chi connectivity index (χ3v) is 4.25. The average molecular weight is 365 g/mol. The van der Waals surface area contributed by atoms with E-state index >= 15 is 0 Å². The largest absolute Gasteiger partial charge is 0.457 e. The standard InChI is InChI=1S/C16H10Cl2N2O4/c1-20-15(22)10(14(21)19-16(20)23)7-8-5-6-12(24-8)9-3-2-4-11(17)13(9)18/h2-7H,1H3,(H,19,21,23)/b10-7-. The van der Waals surface area contributed by atoms with E-state index in [-0.39, 0.29) is 11.3 Å². The van der Waals surface area contributed by atoms with E-state index in [4.69, 9.17) is 27.6 Å². The number of carbonyl (C=O) groups excluding carboxylic acids is 3. The number of urea groups is 1. The van der Waals surface area contributed by atoms with Crippen LogP contribution in [0.4, 0.5) is 4.79 Å². The Labute approximate surface area is 146 Å². The molecular weight excluding hydrogens is 355 g/mol. The zero-order valence-corrected chi connectivity index (χ0v) is 13.8. The Morgan fingerprint density at radius 2 is 1.88 bits per heavy atom. The Morgan fingerprint density at radius 3 is 2.62 bits per heavy atom. The summed E-state index contributed by atoms with van der Waals surface area (Å²) >= 11 is 12.1. The molecule has 0 bridgehead atoms. The molecule has 4 amide bonds. The van der Waals surface area contributed by atoms with Crippen molar-refractivity contribution in [3.05, 3.63) is 51.7 Å². The predicted molar refractivity (Wildman–Crippen MR) is 88.4 cm³/mol. The number of rotatable bonds is 2. The quantitative estimate of drug-likeness (QED) is 0.654. The molecule has 0 unspecified atom stereocenters. The summed E-state index contributed by atoms with van der Waals surface area (Å²) < 4.78 is 5.61. The number of hydrogen-bond donors (Lipinski definition) is 1. The molecule has 8 heteroatoms. The summed E-state index contributed by atoms with van der Waals surface area (Å²) in [5, 5.41) is 2.78. The number of hydrogen-bond acceptors (Lipinski definition) is 4. The summed E-state index contributed by atoms with van der Waals surface area (Å²) in [4.78, 5) is 36.0. The van der Waals surface area contributed by atoms with Crippen molar-refractivity contribution >= 4 is 47.1 Å². The van der Waals surface area contributed by atoms with Gasteiger partial charge in [-0.15, -0.1) is 0 Å². The number of barbiturate groups is 1. The van der Waals surface area contributed by atoms with Crippen LogP contribution in [0.1, 0.15) is 5.76 Å². The Kier molecular flexibility index (Phi) is 4.17. The smallest absolute Gasteiger partial charge is 0.331 e. The second-order valence-electron chi connectivity index (χ2n) is 4.98. The van der Waals surface area contributed by atoms with Crippen LogP contribution in [0.2, 0.25) is 10.0 Å². The summed E-state index contributed by atoms with van der Waals surface area (Å²) in [5.41, 5.74) is 0.385. The van der Waals surface area contributed by atoms with Gasteiger partial charge >= 0.3 is 6.03 Å². The summed E-state index contributed by atoms with van der Waals surface area (Å²) in [6.07, 6.45) is 1.27. The Hall–Kier alpha value is -2.57. The van der Waals surface area contributed by atoms with E-state index in [1.54, 1.807) is 30.3 Å². The molecule has 1 aliphatic rings. The minimum absolute atomic E-state index is 0.199. The number of carbonyl (C=O) groups is 3. The zero-order chi connectivity index (χ0) is 17.4. The van der Waals surface area contributed by atoms with Crippen molar-refractivity contribution < 1.29 is 18.8 Å². The maximum atomic E-state index is 12.0. The molecule has 0 saturated carbocycles. The van der Waals surface area contributed by atoms with Crippen LogP contribution in [0, 0.1) is 0 Å². The molecule has 0 aliphatic carbocycles. The van der Waals surface area contributed by atoms with Crippen molar-refractivity contribution in [2.45, 2.75) is 0 Å². The van der Waals surface area contributed by atoms with Crippen molar-refractivity contribution in [3.8, 4) is 11.3 Å². The molecule has 1 saturated heterocycles. The number of halogens is 2. The lowest BCUT2D eigenvalue weighted by molar-refractivity contribution is -0.129. The summed E-state index contributed by atoms with van der Waals surface area (Å²) in [7, 11) is 1.28. The third-order valence-electron chi connectivity index (χ3n) is 3.44. The van der Waals surface area contributed by atoms with Gasteiger partial charge in [-0.05, 0) is 30.3 Å². The van der Waals surface area contributed by atoms with E-state index in [1.807, 2.05) is 0 Å². The van der Waals surface area contributed by atoms with E-state index in [9.17, 15) is 14.4 Å². The zero-order valence-electron chi connectivity index (χ0n) is 12.3. The van der Waals surface area contributed by atoms with Gasteiger partial charge in [0.2, 0.25) is 0 Å². The lowest BCUT2D eigenvalue weighted by atomic mass is 10.1. The number of furan rings is 1. The molecule has 2 heterocycles. The number of benzene rings is 1. The lowest BCUT2D eigenvalue weighted by Crippen LogP contribution is -2.52. The van der Waals surface area contributed by atoms with Crippen molar-refractivity contribution in [2.75, 3.05) is 7.05 Å². The molecule has 1 N–H and O–H groups in total. The molecule has 1 aromatic heterocycles. The molecule has 6 nitrogen and oxygen atoms in total. The molecule has 0 atom stereocenters. The van der Waals surface area contributed by atoms with Crippen LogP contribution >= 0.6 is 23.2 Å². The van der Waals surface area contributed by atoms with Crippen molar-refractivity contribution in [2.24, 2.45) is 0 Å². The van der Waals surface area contributed by atoms with E-state index in [1.165, 1.54) is 13.1 Å². The van der Waals surface area contributed by atoms with Gasteiger partial charge in [-0.25, -0.2) is 4.79 Å². The molecule has 3 rings (SSSR count). The molecule has 0 radical (unpaired) electrons. The van der Waals surface area contributed by atoms with Gasteiger partial charge in [-0.3, -0.25) is 19.8 Å². The first-order valence-electron chi connectivity index (χ1n) is 6.78. The van der Waals surface area contributed by atoms with Crippen LogP contribution in [-0.4, -0.2) is 29.8 Å². The van der Waals surface area contributed by atoms with E-state index < -0.39 is 17.8 Å². The lowest BCUT2D eigenvalue weighted by Gasteiger charge is -2.21. The maximum absolute atomic E-state index is 12.0. The van der Waals surface area contributed by atoms with Crippen LogP contribution in [0.15, 0.2) is 40.3 Å². The first-order chi connectivity index (χ1) is 11.4. The molecule has 1 aliphatic heterocycles. The van der Waals surface area contributed by atoms with Gasteiger partial charge in [-0.1, -0.05) is 29.3 Å². The SMILES string of the molecule is CN1C(=O)NC(=O)/C(=C/c2ccc(-c3cccc(Cl)c3Cl)o2)C1=O. The van der Waals surface area contributed by atoms with Crippen molar-refractivity contribution in [3.63, 3.8) is 0 Å². The Morgan fingerprint density at radius 1 is 1.12 bits per heavy atom. The van der Waals surface area contributed by atoms with Gasteiger partial charge in [0.25, 0.3) is 11.8 Å². The molecular formula is C16H10Cl2N2O4. The third kappa shape index (κ3) is 2.81. The summed E-state index contributed by atoms with van der Waals surface area (Å²) in [6, 6.07) is 7.56. The van der Waals surface area contributed by atoms with Crippen LogP contribution in [0.5, 0.6) is 0 Å². The minimum Gasteiger partial charge on any atom is -0.457 e. The maximum Gasteiger partial charge on any atom is 0.331 e. The highest BCUT2D eigenvalue weighted by Gasteiger charge is 2.33. The van der Waals surface area contributed by atoms with Crippen molar-refractivity contribution in [1.82, 2.24) is 10.2 Å². The Balaban J connectivity index is 1.96. The number of imide groups is 2. The fourth-order valence-electron chi connectivity index (χ4n) is 2.16. The van der Waals surface area contributed by atoms with E-state index in [0.717, 1.165) is 4.90 Å². The molecule has 122 valence electrons. The first-order valence-corrected chi connectivity index (χ1v) is 7.53. The second-order valence-corrected chi connectivity index (χ2v) is 5.77. The van der Waals surface area contributed by atoms with Gasteiger partial charge in [0.05, 0.1) is 10.0 Å². The predicted octanol–water partition coefficient (Wildman–Crippen LogP) is 3.35. The fourth-order valence-corrected chi connectivity index (χ4v) is 2.55. The molecule has 2 aromatic rings. The number of nitrogens with one attached hydrogen (secondary N) is 1. The molecule has 1 fully saturated rings. The summed E-state index contributed by atoms with van der Waals surface area (Å²) in [5.74, 6) is -0.783. The van der Waals surface area contributed by atoms with E-state index in [0.29, 0.717) is 21.4 Å². The molecule has 1 aromatic carbocycles. The molecule has 24 heavy (non-hydrogen) atoms. The van der Waals surface area contributed by atoms with Crippen LogP contribution in [-0.2, 0) is 9.59 Å². The topological polar surface area (TPSA) is 79.6 Å². The highest BCUT2D eigenvalue weighted by atomic mass is 35.5. The van der Waals surface area contributed by atoms with Gasteiger partial charge in [-0.2, -0.15) is 0 Å². The second kappa shape index (κ2) is 6.14. The van der Waals surface area contributed by atoms with Crippen molar-refractivity contribution in [1.29, 1.82) is 0 Å². The van der Waals surface area contributed by atoms with Crippen LogP contribution < -0.4 is 5.32 Å². The minimum atomic E-state index is -0.776. The number of likely N-dealkylation sites (N-methyl/N-ethyl adjacent to an activating group) is 1. The van der Waals surface area contributed by atoms with Gasteiger partial charge < -0.3 is 4.42 Å². The highest BCUT2D eigenvalue weighted by Crippen LogP contribution is 2.34. The normalized spacial score (nSPS) is 16.7. The first kappa shape index (κ1) is 16.3. The van der Waals surface area contributed by atoms with Crippen LogP contribution in [0.25, 0.3) is 17.4 Å². The average Bonchev–Trinajstić information content (AvgIpc) is 3.00. The van der Waals surface area contributed by atoms with Crippen LogP contribution in [0.3, 0.4) is 0 Å². The molecule has 0 spiro atoms.